The van der Waals surface area contributed by atoms with Crippen LogP contribution in [0.3, 0.4) is 0 Å². The molecular formula is C17H16N6OS2. The van der Waals surface area contributed by atoms with Crippen molar-refractivity contribution in [3.8, 4) is 11.8 Å². The van der Waals surface area contributed by atoms with E-state index in [-0.39, 0.29) is 11.5 Å². The number of nitrogens with zero attached hydrogens (tertiary/aromatic N) is 6. The average molecular weight is 384 g/mol. The summed E-state index contributed by atoms with van der Waals surface area (Å²) in [5, 5.41) is 24.1. The van der Waals surface area contributed by atoms with Gasteiger partial charge in [0.05, 0.1) is 17.5 Å². The number of hydrogen-bond acceptors (Lipinski definition) is 8. The molecule has 1 atom stereocenters. The van der Waals surface area contributed by atoms with Crippen LogP contribution < -0.4 is 0 Å². The van der Waals surface area contributed by atoms with Crippen molar-refractivity contribution in [1.82, 2.24) is 25.2 Å². The van der Waals surface area contributed by atoms with Crippen molar-refractivity contribution in [3.05, 3.63) is 45.4 Å². The van der Waals surface area contributed by atoms with Gasteiger partial charge in [-0.2, -0.15) is 9.94 Å². The number of nitriles is 1. The van der Waals surface area contributed by atoms with E-state index < -0.39 is 5.92 Å². The number of thioether (sulfide) groups is 1. The second kappa shape index (κ2) is 7.76. The smallest absolute Gasteiger partial charge is 0.214 e. The van der Waals surface area contributed by atoms with Crippen molar-refractivity contribution in [1.29, 1.82) is 5.26 Å². The predicted octanol–water partition coefficient (Wildman–Crippen LogP) is 3.01. The Morgan fingerprint density at radius 2 is 2.08 bits per heavy atom. The molecule has 9 heteroatoms. The van der Waals surface area contributed by atoms with Crippen molar-refractivity contribution in [2.45, 2.75) is 31.8 Å². The van der Waals surface area contributed by atoms with Gasteiger partial charge in [-0.05, 0) is 42.3 Å². The number of para-hydroxylation sites is 1. The number of thiazole rings is 1. The van der Waals surface area contributed by atoms with E-state index in [0.29, 0.717) is 10.2 Å². The van der Waals surface area contributed by atoms with E-state index in [1.807, 2.05) is 44.4 Å². The summed E-state index contributed by atoms with van der Waals surface area (Å²) in [5.74, 6) is -0.962. The molecule has 2 aromatic heterocycles. The van der Waals surface area contributed by atoms with Gasteiger partial charge >= 0.3 is 0 Å². The van der Waals surface area contributed by atoms with Crippen LogP contribution >= 0.6 is 23.1 Å². The van der Waals surface area contributed by atoms with Crippen LogP contribution in [0.25, 0.3) is 5.69 Å². The van der Waals surface area contributed by atoms with Gasteiger partial charge in [-0.25, -0.2) is 4.98 Å². The van der Waals surface area contributed by atoms with E-state index in [1.54, 1.807) is 4.68 Å². The van der Waals surface area contributed by atoms with Crippen molar-refractivity contribution in [2.75, 3.05) is 5.75 Å². The molecule has 0 aliphatic heterocycles. The summed E-state index contributed by atoms with van der Waals surface area (Å²) in [7, 11) is 0. The molecule has 1 aromatic carbocycles. The lowest BCUT2D eigenvalue weighted by Crippen LogP contribution is -2.14. The molecule has 0 fully saturated rings. The number of rotatable bonds is 6. The molecule has 3 rings (SSSR count). The number of aromatic nitrogens is 5. The summed E-state index contributed by atoms with van der Waals surface area (Å²) in [6, 6.07) is 8.00. The van der Waals surface area contributed by atoms with Gasteiger partial charge in [0.15, 0.2) is 11.7 Å². The monoisotopic (exact) mass is 384 g/mol. The molecule has 7 nitrogen and oxygen atoms in total. The number of tetrazole rings is 1. The molecule has 132 valence electrons. The van der Waals surface area contributed by atoms with E-state index in [0.717, 1.165) is 22.5 Å². The molecule has 0 radical (unpaired) electrons. The molecule has 0 amide bonds. The van der Waals surface area contributed by atoms with E-state index in [2.05, 4.69) is 26.6 Å². The minimum atomic E-state index is -0.856. The summed E-state index contributed by atoms with van der Waals surface area (Å²) in [6.45, 7) is 5.81. The quantitative estimate of drug-likeness (QED) is 0.603. The first-order valence-electron chi connectivity index (χ1n) is 7.83. The first-order valence-corrected chi connectivity index (χ1v) is 9.70. The fraction of sp³-hybridized carbons (Fsp3) is 0.294. The van der Waals surface area contributed by atoms with Crippen LogP contribution in [0.4, 0.5) is 0 Å². The number of carbonyl (C=O) groups excluding carboxylic acids is 1. The Bertz CT molecular complexity index is 967. The highest BCUT2D eigenvalue weighted by molar-refractivity contribution is 7.99. The van der Waals surface area contributed by atoms with Gasteiger partial charge < -0.3 is 0 Å². The van der Waals surface area contributed by atoms with Crippen LogP contribution in [0.15, 0.2) is 28.7 Å². The fourth-order valence-electron chi connectivity index (χ4n) is 2.54. The summed E-state index contributed by atoms with van der Waals surface area (Å²) in [5.41, 5.74) is 3.79. The van der Waals surface area contributed by atoms with E-state index in [1.165, 1.54) is 23.1 Å². The lowest BCUT2D eigenvalue weighted by molar-refractivity contribution is -0.116. The van der Waals surface area contributed by atoms with Crippen LogP contribution in [0, 0.1) is 32.1 Å². The van der Waals surface area contributed by atoms with E-state index in [9.17, 15) is 10.1 Å². The van der Waals surface area contributed by atoms with Crippen LogP contribution in [-0.4, -0.2) is 36.7 Å². The Labute approximate surface area is 159 Å². The van der Waals surface area contributed by atoms with E-state index >= 15 is 0 Å². The van der Waals surface area contributed by atoms with Gasteiger partial charge in [0.25, 0.3) is 0 Å². The number of carbonyl (C=O) groups is 1. The largest absolute Gasteiger partial charge is 0.297 e. The lowest BCUT2D eigenvalue weighted by atomic mass is 10.1. The minimum Gasteiger partial charge on any atom is -0.297 e. The third-order valence-corrected chi connectivity index (χ3v) is 5.74. The van der Waals surface area contributed by atoms with Gasteiger partial charge in [0.1, 0.15) is 5.01 Å². The SMILES string of the molecule is Cc1csc([C@@H](C#N)C(=O)CSc2nnnn2-c2c(C)cccc2C)n1. The zero-order valence-electron chi connectivity index (χ0n) is 14.5. The van der Waals surface area contributed by atoms with Crippen LogP contribution in [0.5, 0.6) is 0 Å². The predicted molar refractivity (Wildman–Crippen MR) is 99.6 cm³/mol. The maximum atomic E-state index is 12.5. The molecule has 0 unspecified atom stereocenters. The number of Topliss-reactive ketones (excluding diaryl/α,β-unsaturated/α-hetero) is 1. The van der Waals surface area contributed by atoms with E-state index in [4.69, 9.17) is 0 Å². The maximum absolute atomic E-state index is 12.5. The second-order valence-corrected chi connectivity index (χ2v) is 7.59. The van der Waals surface area contributed by atoms with Gasteiger partial charge in [-0.3, -0.25) is 4.79 Å². The molecule has 0 spiro atoms. The molecule has 0 aliphatic rings. The molecule has 0 aliphatic carbocycles. The molecule has 2 heterocycles. The van der Waals surface area contributed by atoms with Crippen molar-refractivity contribution in [2.24, 2.45) is 0 Å². The molecule has 0 saturated heterocycles. The molecular weight excluding hydrogens is 368 g/mol. The summed E-state index contributed by atoms with van der Waals surface area (Å²) < 4.78 is 1.64. The Balaban J connectivity index is 1.78. The van der Waals surface area contributed by atoms with Crippen molar-refractivity contribution in [3.63, 3.8) is 0 Å². The Hall–Kier alpha value is -2.57. The van der Waals surface area contributed by atoms with Crippen LogP contribution in [0.2, 0.25) is 0 Å². The first kappa shape index (κ1) is 18.2. The standard InChI is InChI=1S/C17H16N6OS2/c1-10-5-4-6-11(2)15(10)23-17(20-21-22-23)26-9-14(24)13(7-18)16-19-12(3)8-25-16/h4-6,8,13H,9H2,1-3H3/t13-/m0/s1. The third-order valence-electron chi connectivity index (χ3n) is 3.77. The lowest BCUT2D eigenvalue weighted by Gasteiger charge is -2.10. The number of aryl methyl sites for hydroxylation is 3. The first-order chi connectivity index (χ1) is 12.5. The molecule has 26 heavy (non-hydrogen) atoms. The van der Waals surface area contributed by atoms with Crippen molar-refractivity contribution < 1.29 is 4.79 Å². The van der Waals surface area contributed by atoms with Crippen molar-refractivity contribution >= 4 is 28.9 Å². The summed E-state index contributed by atoms with van der Waals surface area (Å²) >= 11 is 2.55. The normalized spacial score (nSPS) is 11.9. The number of ketones is 1. The number of hydrogen-bond donors (Lipinski definition) is 0. The van der Waals surface area contributed by atoms with Crippen LogP contribution in [0.1, 0.15) is 27.7 Å². The molecule has 0 saturated carbocycles. The van der Waals surface area contributed by atoms with Gasteiger partial charge in [-0.15, -0.1) is 16.4 Å². The van der Waals surface area contributed by atoms with Gasteiger partial charge in [-0.1, -0.05) is 30.0 Å². The maximum Gasteiger partial charge on any atom is 0.214 e. The highest BCUT2D eigenvalue weighted by Crippen LogP contribution is 2.26. The van der Waals surface area contributed by atoms with Gasteiger partial charge in [0.2, 0.25) is 5.16 Å². The van der Waals surface area contributed by atoms with Gasteiger partial charge in [0, 0.05) is 11.1 Å². The summed E-state index contributed by atoms with van der Waals surface area (Å²) in [4.78, 5) is 16.8. The Kier molecular flexibility index (Phi) is 5.44. The fourth-order valence-corrected chi connectivity index (χ4v) is 4.18. The zero-order valence-corrected chi connectivity index (χ0v) is 16.1. The average Bonchev–Trinajstić information content (AvgIpc) is 3.23. The molecule has 0 N–H and O–H groups in total. The molecule has 0 bridgehead atoms. The topological polar surface area (TPSA) is 97.4 Å². The summed E-state index contributed by atoms with van der Waals surface area (Å²) in [6.07, 6.45) is 0. The Morgan fingerprint density at radius 1 is 1.35 bits per heavy atom. The zero-order chi connectivity index (χ0) is 18.7. The highest BCUT2D eigenvalue weighted by Gasteiger charge is 2.24. The third kappa shape index (κ3) is 3.66. The van der Waals surface area contributed by atoms with Crippen LogP contribution in [-0.2, 0) is 4.79 Å². The number of benzene rings is 1. The molecule has 3 aromatic rings. The Morgan fingerprint density at radius 3 is 2.69 bits per heavy atom. The minimum absolute atomic E-state index is 0.0994. The second-order valence-electron chi connectivity index (χ2n) is 5.76. The highest BCUT2D eigenvalue weighted by atomic mass is 32.2.